The van der Waals surface area contributed by atoms with Crippen molar-refractivity contribution < 1.29 is 4.74 Å². The van der Waals surface area contributed by atoms with E-state index >= 15 is 0 Å². The lowest BCUT2D eigenvalue weighted by atomic mass is 10.2. The Morgan fingerprint density at radius 3 is 2.69 bits per heavy atom. The van der Waals surface area contributed by atoms with Gasteiger partial charge in [-0.1, -0.05) is 0 Å². The van der Waals surface area contributed by atoms with Crippen molar-refractivity contribution in [3.05, 3.63) is 17.8 Å². The molecule has 0 aromatic carbocycles. The lowest BCUT2D eigenvalue weighted by molar-refractivity contribution is 0.0302. The van der Waals surface area contributed by atoms with E-state index in [1.165, 1.54) is 12.8 Å². The number of pyridine rings is 1. The number of hydrogen-bond donors (Lipinski definition) is 1. The van der Waals surface area contributed by atoms with Gasteiger partial charge in [-0.05, 0) is 31.4 Å². The third kappa shape index (κ3) is 1.63. The highest BCUT2D eigenvalue weighted by Gasteiger charge is 2.34. The number of nitrogens with two attached hydrogens (primary N) is 1. The fraction of sp³-hybridized carbons (Fsp3) is 0.583. The normalized spacial score (nSPS) is 28.4. The van der Waals surface area contributed by atoms with Gasteiger partial charge in [-0.15, -0.1) is 0 Å². The molecule has 0 amide bonds. The lowest BCUT2D eigenvalue weighted by Crippen LogP contribution is -2.43. The molecule has 2 atom stereocenters. The molecular formula is C12H17N3O. The first-order chi connectivity index (χ1) is 7.72. The predicted octanol–water partition coefficient (Wildman–Crippen LogP) is 1.34. The Kier molecular flexibility index (Phi) is 2.24. The molecule has 4 heteroatoms. The molecule has 2 unspecified atom stereocenters. The maximum atomic E-state index is 5.82. The van der Waals surface area contributed by atoms with Crippen LogP contribution in [0.15, 0.2) is 12.3 Å². The second-order valence-electron chi connectivity index (χ2n) is 4.77. The summed E-state index contributed by atoms with van der Waals surface area (Å²) in [6.07, 6.45) is 4.92. The van der Waals surface area contributed by atoms with Crippen molar-refractivity contribution in [1.29, 1.82) is 0 Å². The summed E-state index contributed by atoms with van der Waals surface area (Å²) in [4.78, 5) is 6.78. The Bertz CT molecular complexity index is 395. The highest BCUT2D eigenvalue weighted by atomic mass is 16.5. The maximum Gasteiger partial charge on any atom is 0.131 e. The van der Waals surface area contributed by atoms with Crippen LogP contribution in [0.25, 0.3) is 0 Å². The molecule has 2 aliphatic rings. The van der Waals surface area contributed by atoms with Gasteiger partial charge in [0.1, 0.15) is 5.82 Å². The van der Waals surface area contributed by atoms with E-state index in [0.29, 0.717) is 12.2 Å². The van der Waals surface area contributed by atoms with Crippen molar-refractivity contribution in [2.24, 2.45) is 0 Å². The minimum Gasteiger partial charge on any atom is -0.397 e. The number of hydrogen-bond acceptors (Lipinski definition) is 4. The summed E-state index contributed by atoms with van der Waals surface area (Å²) in [5.41, 5.74) is 7.61. The average molecular weight is 219 g/mol. The van der Waals surface area contributed by atoms with Crippen molar-refractivity contribution >= 4 is 11.5 Å². The van der Waals surface area contributed by atoms with Crippen LogP contribution >= 0.6 is 0 Å². The number of rotatable bonds is 1. The average Bonchev–Trinajstić information content (AvgIpc) is 2.58. The zero-order valence-corrected chi connectivity index (χ0v) is 9.52. The van der Waals surface area contributed by atoms with E-state index < -0.39 is 0 Å². The largest absolute Gasteiger partial charge is 0.397 e. The summed E-state index contributed by atoms with van der Waals surface area (Å²) in [5, 5.41) is 0. The minimum atomic E-state index is 0.400. The Morgan fingerprint density at radius 1 is 1.38 bits per heavy atom. The van der Waals surface area contributed by atoms with E-state index in [4.69, 9.17) is 10.5 Å². The first kappa shape index (κ1) is 9.90. The number of fused-ring (bicyclic) bond motifs is 2. The quantitative estimate of drug-likeness (QED) is 0.774. The summed E-state index contributed by atoms with van der Waals surface area (Å²) in [6, 6.07) is 1.99. The van der Waals surface area contributed by atoms with Gasteiger partial charge in [0.15, 0.2) is 0 Å². The molecule has 2 fully saturated rings. The van der Waals surface area contributed by atoms with Gasteiger partial charge in [-0.25, -0.2) is 4.98 Å². The molecular weight excluding hydrogens is 202 g/mol. The third-order valence-electron chi connectivity index (χ3n) is 3.41. The Labute approximate surface area is 95.4 Å². The molecule has 86 valence electrons. The number of nitrogens with zero attached hydrogens (tertiary/aromatic N) is 2. The van der Waals surface area contributed by atoms with E-state index in [-0.39, 0.29) is 0 Å². The second-order valence-corrected chi connectivity index (χ2v) is 4.77. The standard InChI is InChI=1S/C12H17N3O/c1-8-4-9(13)5-14-12(8)15-6-10-2-3-11(7-15)16-10/h4-5,10-11H,2-3,6-7,13H2,1H3. The van der Waals surface area contributed by atoms with Crippen LogP contribution in [0.2, 0.25) is 0 Å². The molecule has 2 saturated heterocycles. The molecule has 16 heavy (non-hydrogen) atoms. The van der Waals surface area contributed by atoms with Crippen LogP contribution in [0.1, 0.15) is 18.4 Å². The van der Waals surface area contributed by atoms with Gasteiger partial charge in [0, 0.05) is 13.1 Å². The zero-order chi connectivity index (χ0) is 11.1. The van der Waals surface area contributed by atoms with Crippen LogP contribution in [0.4, 0.5) is 11.5 Å². The van der Waals surface area contributed by atoms with E-state index in [1.807, 2.05) is 6.07 Å². The topological polar surface area (TPSA) is 51.4 Å². The molecule has 2 N–H and O–H groups in total. The molecule has 3 heterocycles. The smallest absolute Gasteiger partial charge is 0.131 e. The molecule has 1 aromatic rings. The molecule has 2 bridgehead atoms. The lowest BCUT2D eigenvalue weighted by Gasteiger charge is -2.33. The van der Waals surface area contributed by atoms with Gasteiger partial charge in [0.05, 0.1) is 24.1 Å². The fourth-order valence-electron chi connectivity index (χ4n) is 2.71. The molecule has 0 saturated carbocycles. The summed E-state index contributed by atoms with van der Waals surface area (Å²) < 4.78 is 5.82. The van der Waals surface area contributed by atoms with Gasteiger partial charge in [-0.3, -0.25) is 0 Å². The highest BCUT2D eigenvalue weighted by molar-refractivity contribution is 5.53. The molecule has 2 aliphatic heterocycles. The van der Waals surface area contributed by atoms with E-state index in [9.17, 15) is 0 Å². The van der Waals surface area contributed by atoms with Crippen molar-refractivity contribution in [3.63, 3.8) is 0 Å². The monoisotopic (exact) mass is 219 g/mol. The van der Waals surface area contributed by atoms with E-state index in [0.717, 1.165) is 30.2 Å². The summed E-state index contributed by atoms with van der Waals surface area (Å²) in [7, 11) is 0. The Balaban J connectivity index is 1.87. The Hall–Kier alpha value is -1.29. The highest BCUT2D eigenvalue weighted by Crippen LogP contribution is 2.30. The number of aryl methyl sites for hydroxylation is 1. The van der Waals surface area contributed by atoms with Gasteiger partial charge >= 0.3 is 0 Å². The number of nitrogen functional groups attached to an aromatic ring is 1. The second kappa shape index (κ2) is 3.63. The van der Waals surface area contributed by atoms with Gasteiger partial charge in [0.2, 0.25) is 0 Å². The molecule has 0 aliphatic carbocycles. The van der Waals surface area contributed by atoms with Crippen LogP contribution in [-0.2, 0) is 4.74 Å². The molecule has 3 rings (SSSR count). The van der Waals surface area contributed by atoms with Gasteiger partial charge < -0.3 is 15.4 Å². The summed E-state index contributed by atoms with van der Waals surface area (Å²) in [6.45, 7) is 4.00. The molecule has 1 aromatic heterocycles. The Morgan fingerprint density at radius 2 is 2.06 bits per heavy atom. The first-order valence-corrected chi connectivity index (χ1v) is 5.85. The van der Waals surface area contributed by atoms with Gasteiger partial charge in [-0.2, -0.15) is 0 Å². The van der Waals surface area contributed by atoms with Crippen molar-refractivity contribution in [2.45, 2.75) is 32.0 Å². The van der Waals surface area contributed by atoms with Crippen LogP contribution in [0.5, 0.6) is 0 Å². The van der Waals surface area contributed by atoms with E-state index in [1.54, 1.807) is 6.20 Å². The number of aromatic nitrogens is 1. The molecule has 0 radical (unpaired) electrons. The van der Waals surface area contributed by atoms with Crippen molar-refractivity contribution in [2.75, 3.05) is 23.7 Å². The van der Waals surface area contributed by atoms with Crippen LogP contribution in [-0.4, -0.2) is 30.3 Å². The van der Waals surface area contributed by atoms with Crippen molar-refractivity contribution in [1.82, 2.24) is 4.98 Å². The summed E-state index contributed by atoms with van der Waals surface area (Å²) >= 11 is 0. The molecule has 4 nitrogen and oxygen atoms in total. The third-order valence-corrected chi connectivity index (χ3v) is 3.41. The molecule has 0 spiro atoms. The minimum absolute atomic E-state index is 0.400. The zero-order valence-electron chi connectivity index (χ0n) is 9.52. The predicted molar refractivity (Wildman–Crippen MR) is 63.5 cm³/mol. The van der Waals surface area contributed by atoms with Crippen LogP contribution in [0.3, 0.4) is 0 Å². The summed E-state index contributed by atoms with van der Waals surface area (Å²) in [5.74, 6) is 1.06. The first-order valence-electron chi connectivity index (χ1n) is 5.85. The number of ether oxygens (including phenoxy) is 1. The fourth-order valence-corrected chi connectivity index (χ4v) is 2.71. The van der Waals surface area contributed by atoms with Crippen LogP contribution in [0, 0.1) is 6.92 Å². The number of anilines is 2. The van der Waals surface area contributed by atoms with E-state index in [2.05, 4.69) is 16.8 Å². The SMILES string of the molecule is Cc1cc(N)cnc1N1CC2CCC(C1)O2. The maximum absolute atomic E-state index is 5.82. The van der Waals surface area contributed by atoms with Crippen molar-refractivity contribution in [3.8, 4) is 0 Å². The number of morpholine rings is 1. The van der Waals surface area contributed by atoms with Crippen LogP contribution < -0.4 is 10.6 Å². The van der Waals surface area contributed by atoms with Gasteiger partial charge in [0.25, 0.3) is 0 Å².